The highest BCUT2D eigenvalue weighted by Crippen LogP contribution is 2.18. The van der Waals surface area contributed by atoms with Crippen molar-refractivity contribution >= 4 is 23.3 Å². The van der Waals surface area contributed by atoms with Crippen LogP contribution in [0.2, 0.25) is 0 Å². The third-order valence-corrected chi connectivity index (χ3v) is 3.64. The first-order valence-corrected chi connectivity index (χ1v) is 7.11. The van der Waals surface area contributed by atoms with Crippen LogP contribution in [0.4, 0.5) is 4.79 Å². The number of urea groups is 1. The Morgan fingerprint density at radius 1 is 1.53 bits per heavy atom. The molecular formula is C12H19N3O3S. The highest BCUT2D eigenvalue weighted by atomic mass is 32.1. The summed E-state index contributed by atoms with van der Waals surface area (Å²) < 4.78 is 0. The molecule has 0 saturated heterocycles. The molecule has 1 unspecified atom stereocenters. The lowest BCUT2D eigenvalue weighted by atomic mass is 10.3. The standard InChI is InChI=1S/C12H19N3O3S/c1-4-6-15(5-2)12(18)13-8(3)10-14-9(7-19-10)11(16)17/h7-8H,4-6H2,1-3H3,(H,13,18)(H,16,17). The van der Waals surface area contributed by atoms with Gasteiger partial charge in [-0.25, -0.2) is 14.6 Å². The van der Waals surface area contributed by atoms with Crippen LogP contribution in [-0.2, 0) is 0 Å². The number of aromatic carboxylic acids is 1. The first kappa shape index (κ1) is 15.4. The molecule has 0 aliphatic rings. The van der Waals surface area contributed by atoms with E-state index in [4.69, 9.17) is 5.11 Å². The zero-order valence-electron chi connectivity index (χ0n) is 11.3. The fourth-order valence-corrected chi connectivity index (χ4v) is 2.40. The predicted octanol–water partition coefficient (Wildman–Crippen LogP) is 2.34. The Kier molecular flexibility index (Phi) is 5.75. The highest BCUT2D eigenvalue weighted by molar-refractivity contribution is 7.09. The summed E-state index contributed by atoms with van der Waals surface area (Å²) in [4.78, 5) is 28.4. The summed E-state index contributed by atoms with van der Waals surface area (Å²) >= 11 is 1.24. The van der Waals surface area contributed by atoms with Crippen molar-refractivity contribution in [3.8, 4) is 0 Å². The van der Waals surface area contributed by atoms with E-state index < -0.39 is 5.97 Å². The van der Waals surface area contributed by atoms with Gasteiger partial charge < -0.3 is 15.3 Å². The summed E-state index contributed by atoms with van der Waals surface area (Å²) in [6.07, 6.45) is 0.899. The Labute approximate surface area is 116 Å². The van der Waals surface area contributed by atoms with Crippen LogP contribution in [0, 0.1) is 0 Å². The van der Waals surface area contributed by atoms with Gasteiger partial charge in [0.25, 0.3) is 0 Å². The average Bonchev–Trinajstić information content (AvgIpc) is 2.85. The summed E-state index contributed by atoms with van der Waals surface area (Å²) in [6, 6.07) is -0.444. The number of hydrogen-bond acceptors (Lipinski definition) is 4. The maximum atomic E-state index is 12.0. The van der Waals surface area contributed by atoms with Gasteiger partial charge in [-0.1, -0.05) is 6.92 Å². The van der Waals surface area contributed by atoms with E-state index >= 15 is 0 Å². The first-order valence-electron chi connectivity index (χ1n) is 6.23. The molecule has 2 N–H and O–H groups in total. The zero-order valence-corrected chi connectivity index (χ0v) is 12.2. The lowest BCUT2D eigenvalue weighted by molar-refractivity contribution is 0.0691. The summed E-state index contributed by atoms with van der Waals surface area (Å²) in [5, 5.41) is 13.7. The Hall–Kier alpha value is -1.63. The molecule has 1 rings (SSSR count). The van der Waals surface area contributed by atoms with Gasteiger partial charge in [0.2, 0.25) is 0 Å². The molecule has 0 radical (unpaired) electrons. The molecule has 0 aliphatic carbocycles. The number of nitrogens with one attached hydrogen (secondary N) is 1. The van der Waals surface area contributed by atoms with Crippen molar-refractivity contribution in [2.75, 3.05) is 13.1 Å². The van der Waals surface area contributed by atoms with Gasteiger partial charge in [-0.2, -0.15) is 0 Å². The number of carbonyl (C=O) groups is 2. The van der Waals surface area contributed by atoms with Gasteiger partial charge in [-0.3, -0.25) is 0 Å². The Balaban J connectivity index is 2.64. The van der Waals surface area contributed by atoms with Crippen LogP contribution < -0.4 is 5.32 Å². The van der Waals surface area contributed by atoms with Crippen molar-refractivity contribution in [3.05, 3.63) is 16.1 Å². The van der Waals surface area contributed by atoms with Crippen LogP contribution in [0.1, 0.15) is 48.7 Å². The first-order chi connectivity index (χ1) is 8.99. The molecule has 0 aromatic carbocycles. The Morgan fingerprint density at radius 3 is 2.68 bits per heavy atom. The van der Waals surface area contributed by atoms with E-state index in [0.717, 1.165) is 6.42 Å². The monoisotopic (exact) mass is 285 g/mol. The minimum absolute atomic E-state index is 0.0157. The van der Waals surface area contributed by atoms with E-state index in [0.29, 0.717) is 18.1 Å². The van der Waals surface area contributed by atoms with Gasteiger partial charge in [-0.15, -0.1) is 11.3 Å². The van der Waals surface area contributed by atoms with Crippen molar-refractivity contribution in [2.24, 2.45) is 0 Å². The molecule has 0 aliphatic heterocycles. The predicted molar refractivity (Wildman–Crippen MR) is 73.6 cm³/mol. The number of aromatic nitrogens is 1. The molecule has 0 bridgehead atoms. The second-order valence-electron chi connectivity index (χ2n) is 4.13. The largest absolute Gasteiger partial charge is 0.476 e. The molecule has 0 spiro atoms. The second-order valence-corrected chi connectivity index (χ2v) is 5.02. The van der Waals surface area contributed by atoms with Crippen LogP contribution >= 0.6 is 11.3 Å². The lowest BCUT2D eigenvalue weighted by Crippen LogP contribution is -2.41. The molecule has 1 atom stereocenters. The fourth-order valence-electron chi connectivity index (χ4n) is 1.60. The molecular weight excluding hydrogens is 266 g/mol. The van der Waals surface area contributed by atoms with Gasteiger partial charge in [0.15, 0.2) is 5.69 Å². The molecule has 2 amide bonds. The molecule has 0 fully saturated rings. The van der Waals surface area contributed by atoms with Crippen molar-refractivity contribution in [1.29, 1.82) is 0 Å². The van der Waals surface area contributed by atoms with E-state index in [1.165, 1.54) is 16.7 Å². The minimum Gasteiger partial charge on any atom is -0.476 e. The molecule has 1 aromatic heterocycles. The lowest BCUT2D eigenvalue weighted by Gasteiger charge is -2.22. The number of carboxylic acids is 1. The molecule has 106 valence electrons. The minimum atomic E-state index is -1.05. The van der Waals surface area contributed by atoms with E-state index in [1.54, 1.807) is 11.8 Å². The third-order valence-electron chi connectivity index (χ3n) is 2.61. The van der Waals surface area contributed by atoms with Gasteiger partial charge in [0, 0.05) is 18.5 Å². The third kappa shape index (κ3) is 4.20. The molecule has 6 nitrogen and oxygen atoms in total. The normalized spacial score (nSPS) is 11.9. The van der Waals surface area contributed by atoms with Gasteiger partial charge in [0.1, 0.15) is 5.01 Å². The number of rotatable bonds is 6. The number of nitrogens with zero attached hydrogens (tertiary/aromatic N) is 2. The SMILES string of the molecule is CCCN(CC)C(=O)NC(C)c1nc(C(=O)O)cs1. The molecule has 19 heavy (non-hydrogen) atoms. The smallest absolute Gasteiger partial charge is 0.355 e. The van der Waals surface area contributed by atoms with Crippen molar-refractivity contribution in [2.45, 2.75) is 33.2 Å². The van der Waals surface area contributed by atoms with Crippen LogP contribution in [0.25, 0.3) is 0 Å². The number of carbonyl (C=O) groups excluding carboxylic acids is 1. The van der Waals surface area contributed by atoms with E-state index in [9.17, 15) is 9.59 Å². The zero-order chi connectivity index (χ0) is 14.4. The van der Waals surface area contributed by atoms with E-state index in [2.05, 4.69) is 10.3 Å². The summed E-state index contributed by atoms with van der Waals surface area (Å²) in [5.74, 6) is -1.05. The van der Waals surface area contributed by atoms with E-state index in [1.807, 2.05) is 13.8 Å². The molecule has 1 heterocycles. The quantitative estimate of drug-likeness (QED) is 0.840. The van der Waals surface area contributed by atoms with Crippen molar-refractivity contribution in [3.63, 3.8) is 0 Å². The highest BCUT2D eigenvalue weighted by Gasteiger charge is 2.18. The van der Waals surface area contributed by atoms with E-state index in [-0.39, 0.29) is 17.8 Å². The number of hydrogen-bond donors (Lipinski definition) is 2. The number of thiazole rings is 1. The van der Waals surface area contributed by atoms with Crippen LogP contribution in [0.15, 0.2) is 5.38 Å². The van der Waals surface area contributed by atoms with Crippen molar-refractivity contribution in [1.82, 2.24) is 15.2 Å². The summed E-state index contributed by atoms with van der Waals surface area (Å²) in [7, 11) is 0. The molecule has 1 aromatic rings. The second kappa shape index (κ2) is 7.08. The Bertz CT molecular complexity index is 447. The topological polar surface area (TPSA) is 82.5 Å². The van der Waals surface area contributed by atoms with Gasteiger partial charge in [0.05, 0.1) is 6.04 Å². The number of amides is 2. The van der Waals surface area contributed by atoms with Crippen LogP contribution in [0.3, 0.4) is 0 Å². The number of carboxylic acid groups (broad SMARTS) is 1. The fraction of sp³-hybridized carbons (Fsp3) is 0.583. The molecule has 0 saturated carbocycles. The average molecular weight is 285 g/mol. The maximum Gasteiger partial charge on any atom is 0.355 e. The maximum absolute atomic E-state index is 12.0. The van der Waals surface area contributed by atoms with Gasteiger partial charge in [-0.05, 0) is 20.3 Å². The van der Waals surface area contributed by atoms with Gasteiger partial charge >= 0.3 is 12.0 Å². The van der Waals surface area contributed by atoms with Crippen LogP contribution in [0.5, 0.6) is 0 Å². The van der Waals surface area contributed by atoms with Crippen molar-refractivity contribution < 1.29 is 14.7 Å². The summed E-state index contributed by atoms with van der Waals surface area (Å²) in [5.41, 5.74) is 0.0157. The van der Waals surface area contributed by atoms with Crippen LogP contribution in [-0.4, -0.2) is 40.1 Å². The summed E-state index contributed by atoms with van der Waals surface area (Å²) in [6.45, 7) is 7.07. The Morgan fingerprint density at radius 2 is 2.21 bits per heavy atom. The molecule has 7 heteroatoms.